The van der Waals surface area contributed by atoms with Crippen molar-refractivity contribution in [2.75, 3.05) is 0 Å². The number of amides is 1. The van der Waals surface area contributed by atoms with Crippen LogP contribution in [0.25, 0.3) is 6.08 Å². The number of aromatic nitrogens is 1. The van der Waals surface area contributed by atoms with Crippen LogP contribution in [0, 0.1) is 5.82 Å². The van der Waals surface area contributed by atoms with E-state index in [9.17, 15) is 9.18 Å². The summed E-state index contributed by atoms with van der Waals surface area (Å²) >= 11 is 0. The molecule has 0 saturated carbocycles. The molecule has 136 valence electrons. The van der Waals surface area contributed by atoms with Crippen molar-refractivity contribution in [1.29, 1.82) is 0 Å². The average Bonchev–Trinajstić information content (AvgIpc) is 2.68. The van der Waals surface area contributed by atoms with Gasteiger partial charge in [-0.2, -0.15) is 0 Å². The Kier molecular flexibility index (Phi) is 5.94. The van der Waals surface area contributed by atoms with Crippen molar-refractivity contribution in [3.8, 4) is 11.5 Å². The number of hydrogen-bond donors (Lipinski definition) is 1. The molecule has 1 N–H and O–H groups in total. The molecule has 1 heterocycles. The lowest BCUT2D eigenvalue weighted by atomic mass is 10.1. The summed E-state index contributed by atoms with van der Waals surface area (Å²) in [5.41, 5.74) is 1.67. The lowest BCUT2D eigenvalue weighted by Crippen LogP contribution is -2.24. The summed E-state index contributed by atoms with van der Waals surface area (Å²) in [6.07, 6.45) is 6.39. The molecule has 0 saturated heterocycles. The largest absolute Gasteiger partial charge is 0.456 e. The highest BCUT2D eigenvalue weighted by Crippen LogP contribution is 2.24. The van der Waals surface area contributed by atoms with Crippen molar-refractivity contribution in [2.45, 2.75) is 13.0 Å². The van der Waals surface area contributed by atoms with Crippen molar-refractivity contribution in [3.05, 3.63) is 96.1 Å². The quantitative estimate of drug-likeness (QED) is 0.634. The predicted octanol–water partition coefficient (Wildman–Crippen LogP) is 4.90. The fourth-order valence-corrected chi connectivity index (χ4v) is 2.48. The van der Waals surface area contributed by atoms with E-state index in [1.807, 2.05) is 37.3 Å². The summed E-state index contributed by atoms with van der Waals surface area (Å²) in [6, 6.07) is 16.9. The Morgan fingerprint density at radius 2 is 1.89 bits per heavy atom. The lowest BCUT2D eigenvalue weighted by molar-refractivity contribution is -0.117. The Labute approximate surface area is 157 Å². The van der Waals surface area contributed by atoms with E-state index in [2.05, 4.69) is 10.3 Å². The van der Waals surface area contributed by atoms with E-state index >= 15 is 0 Å². The van der Waals surface area contributed by atoms with Gasteiger partial charge in [-0.05, 0) is 60.5 Å². The first-order valence-electron chi connectivity index (χ1n) is 8.52. The maximum absolute atomic E-state index is 12.9. The zero-order valence-corrected chi connectivity index (χ0v) is 14.8. The van der Waals surface area contributed by atoms with Gasteiger partial charge in [0.1, 0.15) is 17.3 Å². The minimum absolute atomic E-state index is 0.201. The molecule has 1 amide bonds. The third-order valence-corrected chi connectivity index (χ3v) is 3.88. The van der Waals surface area contributed by atoms with Gasteiger partial charge in [0.2, 0.25) is 5.91 Å². The molecule has 0 aliphatic heterocycles. The van der Waals surface area contributed by atoms with Crippen LogP contribution in [0.5, 0.6) is 11.5 Å². The molecular formula is C22H19FN2O2. The molecule has 0 fully saturated rings. The van der Waals surface area contributed by atoms with Crippen LogP contribution in [0.4, 0.5) is 4.39 Å². The number of benzene rings is 2. The molecule has 3 rings (SSSR count). The van der Waals surface area contributed by atoms with E-state index < -0.39 is 0 Å². The van der Waals surface area contributed by atoms with Gasteiger partial charge in [-0.25, -0.2) is 4.39 Å². The second-order valence-electron chi connectivity index (χ2n) is 5.98. The van der Waals surface area contributed by atoms with Gasteiger partial charge in [0.25, 0.3) is 0 Å². The normalized spacial score (nSPS) is 11.9. The zero-order valence-electron chi connectivity index (χ0n) is 14.8. The van der Waals surface area contributed by atoms with Gasteiger partial charge >= 0.3 is 0 Å². The third-order valence-electron chi connectivity index (χ3n) is 3.88. The first-order chi connectivity index (χ1) is 13.1. The number of halogens is 1. The third kappa shape index (κ3) is 5.51. The van der Waals surface area contributed by atoms with Crippen LogP contribution in [0.3, 0.4) is 0 Å². The molecule has 0 aliphatic carbocycles. The van der Waals surface area contributed by atoms with Crippen LogP contribution in [0.15, 0.2) is 79.1 Å². The topological polar surface area (TPSA) is 51.2 Å². The molecule has 5 heteroatoms. The van der Waals surface area contributed by atoms with Gasteiger partial charge in [0.05, 0.1) is 12.2 Å². The summed E-state index contributed by atoms with van der Waals surface area (Å²) in [6.45, 7) is 1.90. The first-order valence-corrected chi connectivity index (χ1v) is 8.52. The van der Waals surface area contributed by atoms with Crippen LogP contribution in [-0.2, 0) is 4.79 Å². The van der Waals surface area contributed by atoms with Crippen molar-refractivity contribution in [3.63, 3.8) is 0 Å². The van der Waals surface area contributed by atoms with Crippen molar-refractivity contribution >= 4 is 12.0 Å². The summed E-state index contributed by atoms with van der Waals surface area (Å²) in [5.74, 6) is 0.779. The molecule has 1 aromatic heterocycles. The number of pyridine rings is 1. The number of hydrogen-bond acceptors (Lipinski definition) is 3. The molecule has 0 unspecified atom stereocenters. The highest BCUT2D eigenvalue weighted by Gasteiger charge is 2.09. The minimum Gasteiger partial charge on any atom is -0.456 e. The summed E-state index contributed by atoms with van der Waals surface area (Å²) in [4.78, 5) is 16.1. The molecule has 0 spiro atoms. The zero-order chi connectivity index (χ0) is 19.1. The molecule has 0 aliphatic rings. The summed E-state index contributed by atoms with van der Waals surface area (Å²) in [5, 5.41) is 2.90. The Bertz CT molecular complexity index is 925. The molecule has 0 radical (unpaired) electrons. The molecule has 0 bridgehead atoms. The van der Waals surface area contributed by atoms with Crippen LogP contribution >= 0.6 is 0 Å². The Hall–Kier alpha value is -3.47. The van der Waals surface area contributed by atoms with E-state index in [1.54, 1.807) is 36.7 Å². The highest BCUT2D eigenvalue weighted by molar-refractivity contribution is 5.91. The van der Waals surface area contributed by atoms with Crippen molar-refractivity contribution in [2.24, 2.45) is 0 Å². The summed E-state index contributed by atoms with van der Waals surface area (Å²) in [7, 11) is 0. The van der Waals surface area contributed by atoms with Crippen LogP contribution < -0.4 is 10.1 Å². The number of carbonyl (C=O) groups excluding carboxylic acids is 1. The second kappa shape index (κ2) is 8.76. The second-order valence-corrected chi connectivity index (χ2v) is 5.98. The standard InChI is InChI=1S/C22H19FN2O2/c1-16(25-22(26)12-9-17-7-10-19(23)11-8-17)18-4-2-5-20(14-18)27-21-6-3-13-24-15-21/h2-16H,1H3,(H,25,26)/t16-/m0/s1. The van der Waals surface area contributed by atoms with E-state index in [0.717, 1.165) is 11.1 Å². The highest BCUT2D eigenvalue weighted by atomic mass is 19.1. The fourth-order valence-electron chi connectivity index (χ4n) is 2.48. The molecule has 2 aromatic carbocycles. The van der Waals surface area contributed by atoms with Gasteiger partial charge in [-0.15, -0.1) is 0 Å². The molecular weight excluding hydrogens is 343 g/mol. The van der Waals surface area contributed by atoms with Crippen LogP contribution in [0.2, 0.25) is 0 Å². The number of rotatable bonds is 6. The van der Waals surface area contributed by atoms with Crippen molar-refractivity contribution < 1.29 is 13.9 Å². The Balaban J connectivity index is 1.61. The first kappa shape index (κ1) is 18.3. The number of ether oxygens (including phenoxy) is 1. The van der Waals surface area contributed by atoms with Gasteiger partial charge < -0.3 is 10.1 Å². The lowest BCUT2D eigenvalue weighted by Gasteiger charge is -2.14. The fraction of sp³-hybridized carbons (Fsp3) is 0.0909. The summed E-state index contributed by atoms with van der Waals surface area (Å²) < 4.78 is 18.7. The predicted molar refractivity (Wildman–Crippen MR) is 103 cm³/mol. The van der Waals surface area contributed by atoms with E-state index in [0.29, 0.717) is 11.5 Å². The molecule has 1 atom stereocenters. The Morgan fingerprint density at radius 3 is 2.63 bits per heavy atom. The maximum atomic E-state index is 12.9. The van der Waals surface area contributed by atoms with Gasteiger partial charge in [0.15, 0.2) is 0 Å². The average molecular weight is 362 g/mol. The monoisotopic (exact) mass is 362 g/mol. The van der Waals surface area contributed by atoms with Gasteiger partial charge in [-0.3, -0.25) is 9.78 Å². The Morgan fingerprint density at radius 1 is 1.11 bits per heavy atom. The number of nitrogens with zero attached hydrogens (tertiary/aromatic N) is 1. The van der Waals surface area contributed by atoms with Gasteiger partial charge in [0, 0.05) is 12.3 Å². The SMILES string of the molecule is C[C@H](NC(=O)C=Cc1ccc(F)cc1)c1cccc(Oc2cccnc2)c1. The number of carbonyl (C=O) groups is 1. The van der Waals surface area contributed by atoms with E-state index in [-0.39, 0.29) is 17.8 Å². The minimum atomic E-state index is -0.307. The smallest absolute Gasteiger partial charge is 0.244 e. The molecule has 4 nitrogen and oxygen atoms in total. The van der Waals surface area contributed by atoms with Crippen LogP contribution in [-0.4, -0.2) is 10.9 Å². The van der Waals surface area contributed by atoms with E-state index in [1.165, 1.54) is 18.2 Å². The van der Waals surface area contributed by atoms with Gasteiger partial charge in [-0.1, -0.05) is 24.3 Å². The molecule has 3 aromatic rings. The number of nitrogens with one attached hydrogen (secondary N) is 1. The van der Waals surface area contributed by atoms with Crippen molar-refractivity contribution in [1.82, 2.24) is 10.3 Å². The van der Waals surface area contributed by atoms with Crippen LogP contribution in [0.1, 0.15) is 24.1 Å². The van der Waals surface area contributed by atoms with E-state index in [4.69, 9.17) is 4.74 Å². The molecule has 27 heavy (non-hydrogen) atoms. The maximum Gasteiger partial charge on any atom is 0.244 e.